The van der Waals surface area contributed by atoms with E-state index >= 15 is 0 Å². The Labute approximate surface area is 199 Å². The number of halogens is 1. The van der Waals surface area contributed by atoms with E-state index in [1.807, 2.05) is 6.92 Å². The van der Waals surface area contributed by atoms with Crippen molar-refractivity contribution in [1.82, 2.24) is 14.3 Å². The molecule has 0 bridgehead atoms. The highest BCUT2D eigenvalue weighted by Gasteiger charge is 2.32. The summed E-state index contributed by atoms with van der Waals surface area (Å²) in [5.41, 5.74) is 1.03. The third kappa shape index (κ3) is 4.82. The van der Waals surface area contributed by atoms with Crippen molar-refractivity contribution in [3.63, 3.8) is 0 Å². The smallest absolute Gasteiger partial charge is 0.267 e. The van der Waals surface area contributed by atoms with Gasteiger partial charge in [0.25, 0.3) is 11.5 Å². The Kier molecular flexibility index (Phi) is 6.87. The average molecular weight is 485 g/mol. The minimum Gasteiger partial charge on any atom is -0.394 e. The molecule has 4 rings (SSSR count). The number of aliphatic hydroxyl groups is 1. The average Bonchev–Trinajstić information content (AvgIpc) is 3.08. The Balaban J connectivity index is 1.73. The third-order valence-corrected chi connectivity index (χ3v) is 6.60. The van der Waals surface area contributed by atoms with Gasteiger partial charge in [-0.15, -0.1) is 0 Å². The maximum absolute atomic E-state index is 13.3. The van der Waals surface area contributed by atoms with Gasteiger partial charge in [0.15, 0.2) is 0 Å². The van der Waals surface area contributed by atoms with Gasteiger partial charge in [-0.05, 0) is 42.3 Å². The standard InChI is InChI=1S/C23H21FN4O3S2/c1-2-16(13-29)25-20-17(21(30)27-10-4-3-5-19(27)26-20)11-18-22(31)28(23(32)33-18)12-14-6-8-15(24)9-7-14/h3-11,16,25,29H,2,12-13H2,1H3. The van der Waals surface area contributed by atoms with Crippen molar-refractivity contribution >= 4 is 51.7 Å². The van der Waals surface area contributed by atoms with E-state index in [1.54, 1.807) is 36.5 Å². The molecule has 1 saturated heterocycles. The molecule has 33 heavy (non-hydrogen) atoms. The van der Waals surface area contributed by atoms with Crippen LogP contribution < -0.4 is 10.9 Å². The molecule has 2 aromatic heterocycles. The third-order valence-electron chi connectivity index (χ3n) is 5.23. The molecule has 1 aliphatic rings. The summed E-state index contributed by atoms with van der Waals surface area (Å²) in [6, 6.07) is 10.7. The van der Waals surface area contributed by atoms with E-state index in [4.69, 9.17) is 12.2 Å². The summed E-state index contributed by atoms with van der Waals surface area (Å²) in [5, 5.41) is 12.7. The molecule has 0 radical (unpaired) electrons. The largest absolute Gasteiger partial charge is 0.394 e. The number of benzene rings is 1. The molecule has 2 N–H and O–H groups in total. The van der Waals surface area contributed by atoms with Crippen LogP contribution in [-0.2, 0) is 11.3 Å². The predicted molar refractivity (Wildman–Crippen MR) is 131 cm³/mol. The number of aromatic nitrogens is 2. The zero-order chi connectivity index (χ0) is 23.5. The molecule has 10 heteroatoms. The number of carbonyl (C=O) groups is 1. The molecule has 1 atom stereocenters. The first-order valence-corrected chi connectivity index (χ1v) is 11.5. The maximum Gasteiger partial charge on any atom is 0.267 e. The normalized spacial score (nSPS) is 16.1. The van der Waals surface area contributed by atoms with Crippen molar-refractivity contribution in [3.05, 3.63) is 80.9 Å². The van der Waals surface area contributed by atoms with Gasteiger partial charge < -0.3 is 10.4 Å². The monoisotopic (exact) mass is 484 g/mol. The van der Waals surface area contributed by atoms with Crippen molar-refractivity contribution in [2.45, 2.75) is 25.9 Å². The number of nitrogens with zero attached hydrogens (tertiary/aromatic N) is 3. The number of pyridine rings is 1. The van der Waals surface area contributed by atoms with Crippen LogP contribution in [0, 0.1) is 5.82 Å². The number of aliphatic hydroxyl groups excluding tert-OH is 1. The van der Waals surface area contributed by atoms with Gasteiger partial charge in [0.05, 0.1) is 29.7 Å². The SMILES string of the molecule is CCC(CO)Nc1nc2ccccn2c(=O)c1C=C1SC(=S)N(Cc2ccc(F)cc2)C1=O. The number of anilines is 1. The van der Waals surface area contributed by atoms with Gasteiger partial charge in [-0.2, -0.15) is 0 Å². The van der Waals surface area contributed by atoms with E-state index < -0.39 is 0 Å². The highest BCUT2D eigenvalue weighted by Crippen LogP contribution is 2.34. The number of hydrogen-bond donors (Lipinski definition) is 2. The van der Waals surface area contributed by atoms with E-state index in [0.717, 1.165) is 17.3 Å². The summed E-state index contributed by atoms with van der Waals surface area (Å²) < 4.78 is 15.0. The summed E-state index contributed by atoms with van der Waals surface area (Å²) >= 11 is 6.49. The van der Waals surface area contributed by atoms with Crippen LogP contribution in [0.5, 0.6) is 0 Å². The first kappa shape index (κ1) is 23.1. The molecule has 1 unspecified atom stereocenters. The summed E-state index contributed by atoms with van der Waals surface area (Å²) in [5.74, 6) is -0.412. The lowest BCUT2D eigenvalue weighted by atomic mass is 10.2. The van der Waals surface area contributed by atoms with Crippen molar-refractivity contribution in [2.24, 2.45) is 0 Å². The van der Waals surface area contributed by atoms with Gasteiger partial charge in [-0.1, -0.05) is 49.1 Å². The van der Waals surface area contributed by atoms with Gasteiger partial charge >= 0.3 is 0 Å². The number of thiocarbonyl (C=S) groups is 1. The fraction of sp³-hybridized carbons (Fsp3) is 0.217. The Morgan fingerprint density at radius 2 is 2.00 bits per heavy atom. The molecule has 7 nitrogen and oxygen atoms in total. The second-order valence-electron chi connectivity index (χ2n) is 7.43. The highest BCUT2D eigenvalue weighted by atomic mass is 32.2. The fourth-order valence-corrected chi connectivity index (χ4v) is 4.59. The van der Waals surface area contributed by atoms with Crippen LogP contribution in [0.4, 0.5) is 10.2 Å². The Bertz CT molecular complexity index is 1300. The van der Waals surface area contributed by atoms with E-state index in [1.165, 1.54) is 27.5 Å². The molecular weight excluding hydrogens is 463 g/mol. The molecule has 170 valence electrons. The molecule has 3 aromatic rings. The number of carbonyl (C=O) groups excluding carboxylic acids is 1. The minimum atomic E-state index is -0.360. The summed E-state index contributed by atoms with van der Waals surface area (Å²) in [6.07, 6.45) is 3.71. The van der Waals surface area contributed by atoms with Crippen LogP contribution in [0.15, 0.2) is 58.4 Å². The topological polar surface area (TPSA) is 86.9 Å². The zero-order valence-electron chi connectivity index (χ0n) is 17.7. The Hall–Kier alpha value is -3.08. The minimum absolute atomic E-state index is 0.133. The molecule has 3 heterocycles. The molecular formula is C23H21FN4O3S2. The maximum atomic E-state index is 13.3. The summed E-state index contributed by atoms with van der Waals surface area (Å²) in [7, 11) is 0. The number of amides is 1. The van der Waals surface area contributed by atoms with Gasteiger partial charge in [0.2, 0.25) is 0 Å². The van der Waals surface area contributed by atoms with Crippen molar-refractivity contribution in [1.29, 1.82) is 0 Å². The van der Waals surface area contributed by atoms with E-state index in [0.29, 0.717) is 16.4 Å². The fourth-order valence-electron chi connectivity index (χ4n) is 3.35. The molecule has 1 amide bonds. The summed E-state index contributed by atoms with van der Waals surface area (Å²) in [4.78, 5) is 32.6. The second kappa shape index (κ2) is 9.82. The predicted octanol–water partition coefficient (Wildman–Crippen LogP) is 3.42. The van der Waals surface area contributed by atoms with Gasteiger partial charge in [0.1, 0.15) is 21.6 Å². The lowest BCUT2D eigenvalue weighted by molar-refractivity contribution is -0.122. The van der Waals surface area contributed by atoms with Crippen LogP contribution in [0.3, 0.4) is 0 Å². The number of rotatable bonds is 7. The van der Waals surface area contributed by atoms with E-state index in [-0.39, 0.29) is 52.8 Å². The van der Waals surface area contributed by atoms with Crippen LogP contribution >= 0.6 is 24.0 Å². The van der Waals surface area contributed by atoms with Gasteiger partial charge in [-0.3, -0.25) is 18.9 Å². The molecule has 1 aliphatic heterocycles. The van der Waals surface area contributed by atoms with Crippen molar-refractivity contribution in [3.8, 4) is 0 Å². The van der Waals surface area contributed by atoms with E-state index in [2.05, 4.69) is 10.3 Å². The lowest BCUT2D eigenvalue weighted by Gasteiger charge is -2.17. The quantitative estimate of drug-likeness (QED) is 0.393. The molecule has 1 fully saturated rings. The number of fused-ring (bicyclic) bond motifs is 1. The number of nitrogens with one attached hydrogen (secondary N) is 1. The lowest BCUT2D eigenvalue weighted by Crippen LogP contribution is -2.28. The molecule has 0 saturated carbocycles. The first-order chi connectivity index (χ1) is 15.9. The van der Waals surface area contributed by atoms with E-state index in [9.17, 15) is 19.1 Å². The highest BCUT2D eigenvalue weighted by molar-refractivity contribution is 8.26. The first-order valence-electron chi connectivity index (χ1n) is 10.3. The Morgan fingerprint density at radius 3 is 2.70 bits per heavy atom. The molecule has 1 aromatic carbocycles. The molecule has 0 spiro atoms. The summed E-state index contributed by atoms with van der Waals surface area (Å²) in [6.45, 7) is 1.97. The molecule has 0 aliphatic carbocycles. The Morgan fingerprint density at radius 1 is 1.24 bits per heavy atom. The van der Waals surface area contributed by atoms with Crippen LogP contribution in [0.2, 0.25) is 0 Å². The second-order valence-corrected chi connectivity index (χ2v) is 9.11. The van der Waals surface area contributed by atoms with Crippen LogP contribution in [0.25, 0.3) is 11.7 Å². The number of hydrogen-bond acceptors (Lipinski definition) is 7. The van der Waals surface area contributed by atoms with Crippen molar-refractivity contribution in [2.75, 3.05) is 11.9 Å². The van der Waals surface area contributed by atoms with Gasteiger partial charge in [-0.25, -0.2) is 9.37 Å². The van der Waals surface area contributed by atoms with Gasteiger partial charge in [0, 0.05) is 6.20 Å². The van der Waals surface area contributed by atoms with Crippen LogP contribution in [-0.4, -0.2) is 42.3 Å². The van der Waals surface area contributed by atoms with Crippen molar-refractivity contribution < 1.29 is 14.3 Å². The van der Waals surface area contributed by atoms with Crippen LogP contribution in [0.1, 0.15) is 24.5 Å². The number of thioether (sulfide) groups is 1. The zero-order valence-corrected chi connectivity index (χ0v) is 19.3.